The van der Waals surface area contributed by atoms with Gasteiger partial charge in [-0.25, -0.2) is 9.99 Å². The van der Waals surface area contributed by atoms with Crippen LogP contribution in [-0.4, -0.2) is 33.2 Å². The maximum Gasteiger partial charge on any atom is 0.180 e. The molecule has 0 aliphatic heterocycles. The van der Waals surface area contributed by atoms with Crippen LogP contribution in [0.5, 0.6) is 0 Å². The lowest BCUT2D eigenvalue weighted by molar-refractivity contribution is -0.800. The van der Waals surface area contributed by atoms with Crippen molar-refractivity contribution in [1.82, 2.24) is 0 Å². The van der Waals surface area contributed by atoms with E-state index in [0.717, 1.165) is 0 Å². The molecule has 0 saturated heterocycles. The smallest absolute Gasteiger partial charge is 0.180 e. The van der Waals surface area contributed by atoms with E-state index in [2.05, 4.69) is 14.7 Å². The monoisotopic (exact) mass is 166 g/mol. The highest BCUT2D eigenvalue weighted by Gasteiger charge is 1.88. The van der Waals surface area contributed by atoms with Crippen molar-refractivity contribution < 1.29 is 29.8 Å². The molecule has 0 N–H and O–H groups in total. The Bertz CT molecular complexity index is 60.0. The van der Waals surface area contributed by atoms with Crippen molar-refractivity contribution in [2.75, 3.05) is 33.2 Å². The maximum absolute atomic E-state index is 9.70. The quantitative estimate of drug-likeness (QED) is 0.192. The molecule has 0 aromatic carbocycles. The average Bonchev–Trinajstić information content (AvgIpc) is 2.03. The van der Waals surface area contributed by atoms with Gasteiger partial charge in [-0.1, -0.05) is 0 Å². The Kier molecular flexibility index (Phi) is 9.55. The predicted octanol–water partition coefficient (Wildman–Crippen LogP) is -1.37. The lowest BCUT2D eigenvalue weighted by Gasteiger charge is -2.05. The average molecular weight is 166 g/mol. The number of hydrogen-bond acceptors (Lipinski definition) is 5. The first-order valence-electron chi connectivity index (χ1n) is 3.07. The molecule has 0 rings (SSSR count). The molecule has 0 aliphatic carbocycles. The Morgan fingerprint density at radius 2 is 1.64 bits per heavy atom. The van der Waals surface area contributed by atoms with Crippen molar-refractivity contribution in [3.05, 3.63) is 0 Å². The van der Waals surface area contributed by atoms with E-state index >= 15 is 0 Å². The highest BCUT2D eigenvalue weighted by molar-refractivity contribution is 4.27. The molecule has 6 heteroatoms. The Labute approximate surface area is 64.1 Å². The molecule has 0 heterocycles. The van der Waals surface area contributed by atoms with Gasteiger partial charge in [0.05, 0.1) is 19.8 Å². The Morgan fingerprint density at radius 1 is 1.00 bits per heavy atom. The van der Waals surface area contributed by atoms with E-state index in [0.29, 0.717) is 6.61 Å². The molecule has 0 atom stereocenters. The molecule has 0 bridgehead atoms. The molecule has 0 unspecified atom stereocenters. The van der Waals surface area contributed by atoms with Crippen molar-refractivity contribution in [1.29, 1.82) is 0 Å². The molecule has 67 valence electrons. The first-order chi connectivity index (χ1) is 5.41. The van der Waals surface area contributed by atoms with E-state index in [1.54, 1.807) is 0 Å². The fourth-order valence-corrected chi connectivity index (χ4v) is 0.406. The zero-order valence-corrected chi connectivity index (χ0v) is 5.99. The van der Waals surface area contributed by atoms with Crippen LogP contribution in [0.3, 0.4) is 0 Å². The topological polar surface area (TPSA) is 79.9 Å². The minimum Gasteiger partial charge on any atom is -0.692 e. The van der Waals surface area contributed by atoms with Crippen LogP contribution in [0, 0.1) is 0 Å². The summed E-state index contributed by atoms with van der Waals surface area (Å²) in [5.74, 6) is 0. The third-order valence-corrected chi connectivity index (χ3v) is 0.814. The van der Waals surface area contributed by atoms with Crippen LogP contribution in [0.2, 0.25) is 0 Å². The Hall–Kier alpha value is -0.240. The van der Waals surface area contributed by atoms with Gasteiger partial charge in [-0.05, 0) is 0 Å². The van der Waals surface area contributed by atoms with Crippen molar-refractivity contribution in [3.63, 3.8) is 0 Å². The minimum absolute atomic E-state index is 0.0703. The van der Waals surface area contributed by atoms with Crippen LogP contribution in [-0.2, 0) is 24.5 Å². The van der Waals surface area contributed by atoms with Crippen molar-refractivity contribution >= 4 is 0 Å². The molecule has 11 heavy (non-hydrogen) atoms. The van der Waals surface area contributed by atoms with Crippen molar-refractivity contribution in [2.24, 2.45) is 0 Å². The zero-order valence-electron chi connectivity index (χ0n) is 5.99. The Morgan fingerprint density at radius 3 is 2.27 bits per heavy atom. The predicted molar refractivity (Wildman–Crippen MR) is 29.4 cm³/mol. The van der Waals surface area contributed by atoms with E-state index in [4.69, 9.17) is 4.74 Å². The lowest BCUT2D eigenvalue weighted by atomic mass is 10.7. The third kappa shape index (κ3) is 9.76. The largest absolute Gasteiger partial charge is 0.692 e. The highest BCUT2D eigenvalue weighted by atomic mass is 17.5. The third-order valence-electron chi connectivity index (χ3n) is 0.814. The van der Waals surface area contributed by atoms with E-state index in [1.165, 1.54) is 0 Å². The molecule has 0 amide bonds. The fourth-order valence-electron chi connectivity index (χ4n) is 0.406. The van der Waals surface area contributed by atoms with Gasteiger partial charge >= 0.3 is 0 Å². The summed E-state index contributed by atoms with van der Waals surface area (Å²) >= 11 is 0. The first kappa shape index (κ1) is 10.8. The molecule has 0 saturated carbocycles. The van der Waals surface area contributed by atoms with Crippen LogP contribution in [0.25, 0.3) is 0 Å². The molecule has 0 spiro atoms. The van der Waals surface area contributed by atoms with Gasteiger partial charge in [-0.2, -0.15) is 0 Å². The molecular formula is C5H10O6-. The van der Waals surface area contributed by atoms with Gasteiger partial charge < -0.3 is 14.7 Å². The van der Waals surface area contributed by atoms with Gasteiger partial charge in [-0.3, -0.25) is 5.04 Å². The van der Waals surface area contributed by atoms with Gasteiger partial charge in [0, 0.05) is 0 Å². The molecular weight excluding hydrogens is 156 g/mol. The normalized spacial score (nSPS) is 10.4. The van der Waals surface area contributed by atoms with Gasteiger partial charge in [0.1, 0.15) is 6.61 Å². The summed E-state index contributed by atoms with van der Waals surface area (Å²) in [6.45, 7) is 0.307. The van der Waals surface area contributed by atoms with E-state index < -0.39 is 6.79 Å². The second kappa shape index (κ2) is 9.76. The van der Waals surface area contributed by atoms with Crippen molar-refractivity contribution in [2.45, 2.75) is 0 Å². The van der Waals surface area contributed by atoms with Gasteiger partial charge in [0.25, 0.3) is 0 Å². The summed E-state index contributed by atoms with van der Waals surface area (Å²) in [4.78, 5) is 3.96. The summed E-state index contributed by atoms with van der Waals surface area (Å²) in [6.07, 6.45) is 0. The number of rotatable bonds is 8. The summed E-state index contributed by atoms with van der Waals surface area (Å²) < 4.78 is 9.26. The Balaban J connectivity index is 2.69. The van der Waals surface area contributed by atoms with E-state index in [-0.39, 0.29) is 19.8 Å². The highest BCUT2D eigenvalue weighted by Crippen LogP contribution is 1.78. The van der Waals surface area contributed by atoms with E-state index in [9.17, 15) is 10.4 Å². The maximum atomic E-state index is 9.70. The molecule has 0 aromatic heterocycles. The number of hydrogen-bond donors (Lipinski definition) is 0. The SMILES string of the molecule is [O]COCCOCCOO[O-]. The summed E-state index contributed by atoms with van der Waals surface area (Å²) in [5, 5.41) is 22.0. The molecule has 0 aromatic rings. The number of ether oxygens (including phenoxy) is 2. The molecule has 6 nitrogen and oxygen atoms in total. The summed E-state index contributed by atoms with van der Waals surface area (Å²) in [7, 11) is 0. The standard InChI is InChI=1S/C5H11O6/c6-5-9-2-1-8-3-4-10-11-7/h7H,1-5H2/p-1. The molecule has 1 radical (unpaired) electrons. The first-order valence-corrected chi connectivity index (χ1v) is 3.07. The van der Waals surface area contributed by atoms with E-state index in [1.807, 2.05) is 0 Å². The van der Waals surface area contributed by atoms with Gasteiger partial charge in [0.15, 0.2) is 6.79 Å². The summed E-state index contributed by atoms with van der Waals surface area (Å²) in [6, 6.07) is 0. The van der Waals surface area contributed by atoms with Crippen LogP contribution >= 0.6 is 0 Å². The van der Waals surface area contributed by atoms with Gasteiger partial charge in [-0.15, -0.1) is 0 Å². The summed E-state index contributed by atoms with van der Waals surface area (Å²) in [5.41, 5.74) is 0. The molecule has 0 aliphatic rings. The second-order valence-electron chi connectivity index (χ2n) is 1.53. The van der Waals surface area contributed by atoms with Gasteiger partial charge in [0.2, 0.25) is 0 Å². The minimum atomic E-state index is -0.566. The van der Waals surface area contributed by atoms with Crippen LogP contribution in [0.1, 0.15) is 0 Å². The second-order valence-corrected chi connectivity index (χ2v) is 1.53. The molecule has 0 fully saturated rings. The lowest BCUT2D eigenvalue weighted by Crippen LogP contribution is -2.12. The van der Waals surface area contributed by atoms with Crippen LogP contribution in [0.15, 0.2) is 0 Å². The fraction of sp³-hybridized carbons (Fsp3) is 1.00. The zero-order chi connectivity index (χ0) is 8.36. The van der Waals surface area contributed by atoms with Crippen LogP contribution in [0.4, 0.5) is 0 Å². The van der Waals surface area contributed by atoms with Crippen molar-refractivity contribution in [3.8, 4) is 0 Å². The van der Waals surface area contributed by atoms with Crippen LogP contribution < -0.4 is 5.26 Å².